The van der Waals surface area contributed by atoms with Crippen LogP contribution in [0.1, 0.15) is 5.56 Å². The van der Waals surface area contributed by atoms with E-state index >= 15 is 0 Å². The molecule has 60 valence electrons. The van der Waals surface area contributed by atoms with Crippen LogP contribution in [0.5, 0.6) is 0 Å². The first kappa shape index (κ1) is 9.00. The van der Waals surface area contributed by atoms with Gasteiger partial charge in [-0.25, -0.2) is 4.39 Å². The second kappa shape index (κ2) is 3.11. The first-order chi connectivity index (χ1) is 5.04. The van der Waals surface area contributed by atoms with E-state index in [1.165, 1.54) is 0 Å². The Labute approximate surface area is 81.0 Å². The van der Waals surface area contributed by atoms with Crippen LogP contribution < -0.4 is 5.73 Å². The summed E-state index contributed by atoms with van der Waals surface area (Å²) in [7, 11) is 0. The van der Waals surface area contributed by atoms with Crippen molar-refractivity contribution >= 4 is 37.5 Å². The zero-order valence-corrected chi connectivity index (χ0v) is 8.96. The number of nitrogens with two attached hydrogens (primary N) is 1. The number of rotatable bonds is 0. The van der Waals surface area contributed by atoms with E-state index in [1.807, 2.05) is 6.92 Å². The first-order valence-corrected chi connectivity index (χ1v) is 4.52. The first-order valence-electron chi connectivity index (χ1n) is 2.93. The summed E-state index contributed by atoms with van der Waals surface area (Å²) in [6.45, 7) is 1.82. The fourth-order valence-corrected chi connectivity index (χ4v) is 2.06. The summed E-state index contributed by atoms with van der Waals surface area (Å²) in [4.78, 5) is 0. The van der Waals surface area contributed by atoms with Gasteiger partial charge in [0.25, 0.3) is 0 Å². The van der Waals surface area contributed by atoms with E-state index in [9.17, 15) is 4.39 Å². The highest BCUT2D eigenvalue weighted by Gasteiger charge is 2.09. The fourth-order valence-electron chi connectivity index (χ4n) is 0.727. The van der Waals surface area contributed by atoms with Crippen molar-refractivity contribution in [1.82, 2.24) is 0 Å². The van der Waals surface area contributed by atoms with Crippen molar-refractivity contribution in [3.8, 4) is 0 Å². The molecule has 0 aliphatic rings. The summed E-state index contributed by atoms with van der Waals surface area (Å²) in [5.41, 5.74) is 6.85. The summed E-state index contributed by atoms with van der Waals surface area (Å²) in [6, 6.07) is 1.65. The molecular weight excluding hydrogens is 277 g/mol. The Hall–Kier alpha value is -0.0900. The molecule has 0 radical (unpaired) electrons. The van der Waals surface area contributed by atoms with Crippen LogP contribution in [0.3, 0.4) is 0 Å². The van der Waals surface area contributed by atoms with Crippen molar-refractivity contribution in [2.24, 2.45) is 0 Å². The molecule has 0 fully saturated rings. The third kappa shape index (κ3) is 1.56. The minimum absolute atomic E-state index is 0.323. The highest BCUT2D eigenvalue weighted by molar-refractivity contribution is 9.11. The van der Waals surface area contributed by atoms with Gasteiger partial charge >= 0.3 is 0 Å². The number of halogens is 3. The SMILES string of the molecule is Cc1cc(Br)c(F)c(Br)c1N. The number of anilines is 1. The van der Waals surface area contributed by atoms with Crippen LogP contribution in [0.4, 0.5) is 10.1 Å². The Morgan fingerprint density at radius 1 is 1.45 bits per heavy atom. The molecule has 0 unspecified atom stereocenters. The molecule has 0 spiro atoms. The van der Waals surface area contributed by atoms with Gasteiger partial charge in [0.15, 0.2) is 5.82 Å². The average Bonchev–Trinajstić information content (AvgIpc) is 1.97. The fraction of sp³-hybridized carbons (Fsp3) is 0.143. The molecule has 0 amide bonds. The maximum absolute atomic E-state index is 13.0. The standard InChI is InChI=1S/C7H6Br2FN/c1-3-2-4(8)6(10)5(9)7(3)11/h2H,11H2,1H3. The molecule has 0 aromatic heterocycles. The number of hydrogen-bond acceptors (Lipinski definition) is 1. The summed E-state index contributed by atoms with van der Waals surface area (Å²) in [6.07, 6.45) is 0. The Morgan fingerprint density at radius 2 is 2.00 bits per heavy atom. The van der Waals surface area contributed by atoms with Gasteiger partial charge in [0.05, 0.1) is 14.6 Å². The molecule has 1 aromatic carbocycles. The third-order valence-corrected chi connectivity index (χ3v) is 2.76. The number of hydrogen-bond donors (Lipinski definition) is 1. The highest BCUT2D eigenvalue weighted by atomic mass is 79.9. The van der Waals surface area contributed by atoms with Gasteiger partial charge < -0.3 is 5.73 Å². The smallest absolute Gasteiger partial charge is 0.153 e. The maximum atomic E-state index is 13.0. The summed E-state index contributed by atoms with van der Waals surface area (Å²) in [5.74, 6) is -0.354. The minimum Gasteiger partial charge on any atom is -0.398 e. The predicted molar refractivity (Wildman–Crippen MR) is 50.9 cm³/mol. The van der Waals surface area contributed by atoms with Gasteiger partial charge in [-0.3, -0.25) is 0 Å². The van der Waals surface area contributed by atoms with Crippen molar-refractivity contribution < 1.29 is 4.39 Å². The van der Waals surface area contributed by atoms with E-state index in [0.29, 0.717) is 14.6 Å². The molecular formula is C7H6Br2FN. The molecule has 0 heterocycles. The molecule has 4 heteroatoms. The van der Waals surface area contributed by atoms with E-state index in [0.717, 1.165) is 5.56 Å². The molecule has 1 aromatic rings. The number of aryl methyl sites for hydroxylation is 1. The number of nitrogen functional groups attached to an aromatic ring is 1. The second-order valence-corrected chi connectivity index (χ2v) is 3.86. The lowest BCUT2D eigenvalue weighted by atomic mass is 10.2. The molecule has 1 nitrogen and oxygen atoms in total. The van der Waals surface area contributed by atoms with Gasteiger partial charge in [-0.15, -0.1) is 0 Å². The molecule has 1 rings (SSSR count). The van der Waals surface area contributed by atoms with Crippen molar-refractivity contribution in [3.63, 3.8) is 0 Å². The van der Waals surface area contributed by atoms with Crippen LogP contribution >= 0.6 is 31.9 Å². The predicted octanol–water partition coefficient (Wildman–Crippen LogP) is 3.24. The van der Waals surface area contributed by atoms with Crippen LogP contribution in [-0.4, -0.2) is 0 Å². The molecule has 0 saturated carbocycles. The summed E-state index contributed by atoms with van der Waals surface area (Å²) >= 11 is 6.12. The van der Waals surface area contributed by atoms with E-state index in [-0.39, 0.29) is 5.82 Å². The molecule has 0 saturated heterocycles. The lowest BCUT2D eigenvalue weighted by Gasteiger charge is -2.04. The summed E-state index contributed by atoms with van der Waals surface area (Å²) < 4.78 is 13.7. The van der Waals surface area contributed by atoms with E-state index in [2.05, 4.69) is 31.9 Å². The quantitative estimate of drug-likeness (QED) is 0.574. The van der Waals surface area contributed by atoms with Crippen LogP contribution in [0.15, 0.2) is 15.0 Å². The van der Waals surface area contributed by atoms with Gasteiger partial charge in [-0.2, -0.15) is 0 Å². The maximum Gasteiger partial charge on any atom is 0.153 e. The van der Waals surface area contributed by atoms with Gasteiger partial charge in [-0.05, 0) is 50.4 Å². The normalized spacial score (nSPS) is 10.2. The van der Waals surface area contributed by atoms with Gasteiger partial charge in [0.2, 0.25) is 0 Å². The zero-order chi connectivity index (χ0) is 8.59. The van der Waals surface area contributed by atoms with Gasteiger partial charge in [0, 0.05) is 0 Å². The Kier molecular flexibility index (Phi) is 2.54. The Bertz CT molecular complexity index is 273. The van der Waals surface area contributed by atoms with Crippen LogP contribution in [0.25, 0.3) is 0 Å². The lowest BCUT2D eigenvalue weighted by molar-refractivity contribution is 0.615. The molecule has 0 aliphatic heterocycles. The minimum atomic E-state index is -0.354. The average molecular weight is 283 g/mol. The van der Waals surface area contributed by atoms with Crippen molar-refractivity contribution in [2.45, 2.75) is 6.92 Å². The molecule has 0 aliphatic carbocycles. The van der Waals surface area contributed by atoms with Gasteiger partial charge in [0.1, 0.15) is 0 Å². The summed E-state index contributed by atoms with van der Waals surface area (Å²) in [5, 5.41) is 0. The second-order valence-electron chi connectivity index (χ2n) is 2.22. The molecule has 2 N–H and O–H groups in total. The monoisotopic (exact) mass is 281 g/mol. The number of benzene rings is 1. The van der Waals surface area contributed by atoms with Gasteiger partial charge in [-0.1, -0.05) is 0 Å². The van der Waals surface area contributed by atoms with E-state index < -0.39 is 0 Å². The largest absolute Gasteiger partial charge is 0.398 e. The topological polar surface area (TPSA) is 26.0 Å². The van der Waals surface area contributed by atoms with Crippen LogP contribution in [0.2, 0.25) is 0 Å². The van der Waals surface area contributed by atoms with E-state index in [1.54, 1.807) is 6.07 Å². The Morgan fingerprint density at radius 3 is 2.55 bits per heavy atom. The highest BCUT2D eigenvalue weighted by Crippen LogP contribution is 2.31. The molecule has 0 bridgehead atoms. The van der Waals surface area contributed by atoms with Crippen LogP contribution in [0, 0.1) is 12.7 Å². The van der Waals surface area contributed by atoms with Crippen molar-refractivity contribution in [1.29, 1.82) is 0 Å². The lowest BCUT2D eigenvalue weighted by Crippen LogP contribution is -1.94. The molecule has 11 heavy (non-hydrogen) atoms. The molecule has 0 atom stereocenters. The zero-order valence-electron chi connectivity index (χ0n) is 5.79. The van der Waals surface area contributed by atoms with E-state index in [4.69, 9.17) is 5.73 Å². The van der Waals surface area contributed by atoms with Crippen LogP contribution in [-0.2, 0) is 0 Å². The van der Waals surface area contributed by atoms with Crippen molar-refractivity contribution in [2.75, 3.05) is 5.73 Å². The third-order valence-electron chi connectivity index (χ3n) is 1.41. The van der Waals surface area contributed by atoms with Crippen molar-refractivity contribution in [3.05, 3.63) is 26.4 Å². The Balaban J connectivity index is 3.46.